The van der Waals surface area contributed by atoms with Crippen molar-refractivity contribution in [1.29, 1.82) is 0 Å². The molecular weight excluding hydrogens is 376 g/mol. The zero-order valence-electron chi connectivity index (χ0n) is 15.3. The second kappa shape index (κ2) is 7.37. The van der Waals surface area contributed by atoms with Gasteiger partial charge in [0.1, 0.15) is 5.82 Å². The van der Waals surface area contributed by atoms with Crippen LogP contribution in [0.25, 0.3) is 28.0 Å². The van der Waals surface area contributed by atoms with Crippen molar-refractivity contribution in [3.05, 3.63) is 82.1 Å². The number of methoxy groups -OCH3 is 2. The van der Waals surface area contributed by atoms with Gasteiger partial charge in [-0.2, -0.15) is 0 Å². The molecule has 3 aromatic carbocycles. The predicted molar refractivity (Wildman–Crippen MR) is 111 cm³/mol. The van der Waals surface area contributed by atoms with Crippen LogP contribution in [-0.4, -0.2) is 23.8 Å². The first-order valence-corrected chi connectivity index (χ1v) is 9.00. The molecule has 0 atom stereocenters. The quantitative estimate of drug-likeness (QED) is 0.504. The van der Waals surface area contributed by atoms with Crippen LogP contribution < -0.4 is 15.0 Å². The van der Waals surface area contributed by atoms with Gasteiger partial charge in [-0.15, -0.1) is 0 Å². The van der Waals surface area contributed by atoms with E-state index in [1.54, 1.807) is 55.2 Å². The molecule has 0 bridgehead atoms. The summed E-state index contributed by atoms with van der Waals surface area (Å²) >= 11 is 6.04. The van der Waals surface area contributed by atoms with Crippen molar-refractivity contribution in [3.8, 4) is 28.6 Å². The number of para-hydroxylation sites is 1. The maximum atomic E-state index is 13.4. The lowest BCUT2D eigenvalue weighted by atomic mass is 10.1. The highest BCUT2D eigenvalue weighted by Gasteiger charge is 2.16. The molecule has 0 radical (unpaired) electrons. The average molecular weight is 393 g/mol. The summed E-state index contributed by atoms with van der Waals surface area (Å²) < 4.78 is 12.3. The maximum Gasteiger partial charge on any atom is 0.266 e. The Balaban J connectivity index is 2.06. The van der Waals surface area contributed by atoms with E-state index < -0.39 is 0 Å². The van der Waals surface area contributed by atoms with Crippen LogP contribution in [0, 0.1) is 0 Å². The van der Waals surface area contributed by atoms with E-state index in [1.807, 2.05) is 30.3 Å². The molecular formula is C22H17ClN2O3. The molecule has 0 spiro atoms. The Bertz CT molecular complexity index is 1220. The highest BCUT2D eigenvalue weighted by molar-refractivity contribution is 6.30. The number of aromatic nitrogens is 2. The van der Waals surface area contributed by atoms with Crippen LogP contribution in [0.1, 0.15) is 0 Å². The molecule has 0 aliphatic heterocycles. The van der Waals surface area contributed by atoms with Gasteiger partial charge in [-0.1, -0.05) is 23.7 Å². The number of hydrogen-bond acceptors (Lipinski definition) is 4. The van der Waals surface area contributed by atoms with Crippen molar-refractivity contribution in [2.45, 2.75) is 0 Å². The van der Waals surface area contributed by atoms with Crippen LogP contribution in [0.15, 0.2) is 71.5 Å². The van der Waals surface area contributed by atoms with Crippen LogP contribution >= 0.6 is 11.6 Å². The number of ether oxygens (including phenoxy) is 2. The zero-order chi connectivity index (χ0) is 19.7. The highest BCUT2D eigenvalue weighted by atomic mass is 35.5. The molecule has 0 fully saturated rings. The van der Waals surface area contributed by atoms with Crippen molar-refractivity contribution in [2.75, 3.05) is 14.2 Å². The van der Waals surface area contributed by atoms with Gasteiger partial charge in [-0.25, -0.2) is 4.98 Å². The van der Waals surface area contributed by atoms with E-state index in [9.17, 15) is 4.79 Å². The lowest BCUT2D eigenvalue weighted by Gasteiger charge is -2.16. The Morgan fingerprint density at radius 1 is 0.893 bits per heavy atom. The van der Waals surface area contributed by atoms with Gasteiger partial charge < -0.3 is 9.47 Å². The van der Waals surface area contributed by atoms with E-state index in [1.165, 1.54) is 0 Å². The molecule has 140 valence electrons. The van der Waals surface area contributed by atoms with Crippen molar-refractivity contribution < 1.29 is 9.47 Å². The van der Waals surface area contributed by atoms with E-state index in [4.69, 9.17) is 26.1 Å². The van der Waals surface area contributed by atoms with Crippen LogP contribution in [0.3, 0.4) is 0 Å². The molecule has 0 aliphatic rings. The van der Waals surface area contributed by atoms with Gasteiger partial charge >= 0.3 is 0 Å². The fraction of sp³-hybridized carbons (Fsp3) is 0.0909. The molecule has 0 amide bonds. The second-order valence-corrected chi connectivity index (χ2v) is 6.58. The molecule has 0 unspecified atom stereocenters. The first kappa shape index (κ1) is 18.1. The SMILES string of the molecule is COc1ccc(-n2c(-c3ccc(Cl)cc3)nc3ccccc3c2=O)cc1OC. The monoisotopic (exact) mass is 392 g/mol. The number of hydrogen-bond donors (Lipinski definition) is 0. The van der Waals surface area contributed by atoms with Crippen molar-refractivity contribution >= 4 is 22.5 Å². The second-order valence-electron chi connectivity index (χ2n) is 6.14. The molecule has 1 aromatic heterocycles. The standard InChI is InChI=1S/C22H17ClN2O3/c1-27-19-12-11-16(13-20(19)28-2)25-21(14-7-9-15(23)10-8-14)24-18-6-4-3-5-17(18)22(25)26/h3-13H,1-2H3. The van der Waals surface area contributed by atoms with E-state index in [-0.39, 0.29) is 5.56 Å². The Morgan fingerprint density at radius 3 is 2.32 bits per heavy atom. The largest absolute Gasteiger partial charge is 0.493 e. The van der Waals surface area contributed by atoms with Crippen molar-refractivity contribution in [1.82, 2.24) is 9.55 Å². The molecule has 1 heterocycles. The lowest BCUT2D eigenvalue weighted by Crippen LogP contribution is -2.22. The van der Waals surface area contributed by atoms with Gasteiger partial charge in [-0.05, 0) is 48.5 Å². The topological polar surface area (TPSA) is 53.4 Å². The van der Waals surface area contributed by atoms with E-state index in [2.05, 4.69) is 0 Å². The minimum Gasteiger partial charge on any atom is -0.493 e. The van der Waals surface area contributed by atoms with Gasteiger partial charge in [-0.3, -0.25) is 9.36 Å². The van der Waals surface area contributed by atoms with E-state index in [0.29, 0.717) is 38.9 Å². The summed E-state index contributed by atoms with van der Waals surface area (Å²) in [6.45, 7) is 0. The smallest absolute Gasteiger partial charge is 0.266 e. The summed E-state index contributed by atoms with van der Waals surface area (Å²) in [6, 6.07) is 19.9. The summed E-state index contributed by atoms with van der Waals surface area (Å²) in [5, 5.41) is 1.15. The van der Waals surface area contributed by atoms with Gasteiger partial charge in [0, 0.05) is 16.7 Å². The normalized spacial score (nSPS) is 10.8. The maximum absolute atomic E-state index is 13.4. The van der Waals surface area contributed by atoms with Crippen LogP contribution in [0.2, 0.25) is 5.02 Å². The third-order valence-corrected chi connectivity index (χ3v) is 4.76. The van der Waals surface area contributed by atoms with Crippen LogP contribution in [0.4, 0.5) is 0 Å². The van der Waals surface area contributed by atoms with E-state index >= 15 is 0 Å². The molecule has 6 heteroatoms. The van der Waals surface area contributed by atoms with Crippen molar-refractivity contribution in [3.63, 3.8) is 0 Å². The minimum atomic E-state index is -0.164. The molecule has 0 N–H and O–H groups in total. The molecule has 0 saturated carbocycles. The zero-order valence-corrected chi connectivity index (χ0v) is 16.1. The van der Waals surface area contributed by atoms with Crippen LogP contribution in [0.5, 0.6) is 11.5 Å². The molecule has 4 aromatic rings. The summed E-state index contributed by atoms with van der Waals surface area (Å²) in [5.41, 5.74) is 1.88. The highest BCUT2D eigenvalue weighted by Crippen LogP contribution is 2.31. The molecule has 0 aliphatic carbocycles. The van der Waals surface area contributed by atoms with Gasteiger partial charge in [0.25, 0.3) is 5.56 Å². The number of benzene rings is 3. The summed E-state index contributed by atoms with van der Waals surface area (Å²) in [7, 11) is 3.13. The summed E-state index contributed by atoms with van der Waals surface area (Å²) in [5.74, 6) is 1.63. The number of halogens is 1. The molecule has 5 nitrogen and oxygen atoms in total. The van der Waals surface area contributed by atoms with Gasteiger partial charge in [0.15, 0.2) is 11.5 Å². The first-order chi connectivity index (χ1) is 13.6. The Morgan fingerprint density at radius 2 is 1.61 bits per heavy atom. The Labute approximate surface area is 166 Å². The van der Waals surface area contributed by atoms with Crippen molar-refractivity contribution in [2.24, 2.45) is 0 Å². The molecule has 28 heavy (non-hydrogen) atoms. The first-order valence-electron chi connectivity index (χ1n) is 8.62. The number of fused-ring (bicyclic) bond motifs is 1. The average Bonchev–Trinajstić information content (AvgIpc) is 2.74. The summed E-state index contributed by atoms with van der Waals surface area (Å²) in [4.78, 5) is 18.1. The van der Waals surface area contributed by atoms with Crippen LogP contribution in [-0.2, 0) is 0 Å². The number of rotatable bonds is 4. The third-order valence-electron chi connectivity index (χ3n) is 4.50. The number of nitrogens with zero attached hydrogens (tertiary/aromatic N) is 2. The fourth-order valence-corrected chi connectivity index (χ4v) is 3.25. The minimum absolute atomic E-state index is 0.164. The predicted octanol–water partition coefficient (Wildman–Crippen LogP) is 4.72. The molecule has 4 rings (SSSR count). The molecule has 0 saturated heterocycles. The Kier molecular flexibility index (Phi) is 4.75. The van der Waals surface area contributed by atoms with Gasteiger partial charge in [0.2, 0.25) is 0 Å². The van der Waals surface area contributed by atoms with E-state index in [0.717, 1.165) is 5.56 Å². The fourth-order valence-electron chi connectivity index (χ4n) is 3.13. The lowest BCUT2D eigenvalue weighted by molar-refractivity contribution is 0.355. The summed E-state index contributed by atoms with van der Waals surface area (Å²) in [6.07, 6.45) is 0. The Hall–Kier alpha value is -3.31. The third kappa shape index (κ3) is 3.10. The van der Waals surface area contributed by atoms with Gasteiger partial charge in [0.05, 0.1) is 30.8 Å².